The van der Waals surface area contributed by atoms with Crippen molar-refractivity contribution in [2.75, 3.05) is 14.2 Å². The summed E-state index contributed by atoms with van der Waals surface area (Å²) in [6.07, 6.45) is 1.69. The van der Waals surface area contributed by atoms with E-state index in [0.717, 1.165) is 16.7 Å². The van der Waals surface area contributed by atoms with Crippen molar-refractivity contribution in [1.82, 2.24) is 14.9 Å². The van der Waals surface area contributed by atoms with E-state index in [9.17, 15) is 0 Å². The molecule has 1 N–H and O–H groups in total. The molecule has 0 fully saturated rings. The van der Waals surface area contributed by atoms with Crippen molar-refractivity contribution in [2.24, 2.45) is 5.10 Å². The fourth-order valence-electron chi connectivity index (χ4n) is 3.15. The Morgan fingerprint density at radius 3 is 2.47 bits per heavy atom. The van der Waals surface area contributed by atoms with Gasteiger partial charge in [-0.2, -0.15) is 14.9 Å². The van der Waals surface area contributed by atoms with Gasteiger partial charge < -0.3 is 14.2 Å². The topological polar surface area (TPSA) is 73.7 Å². The number of methoxy groups -OCH3 is 2. The summed E-state index contributed by atoms with van der Waals surface area (Å²) >= 11 is 5.36. The Labute approximate surface area is 190 Å². The Hall–Kier alpha value is -3.91. The molecule has 0 spiro atoms. The number of H-pyrrole nitrogens is 1. The molecule has 0 radical (unpaired) electrons. The van der Waals surface area contributed by atoms with Crippen LogP contribution in [0, 0.1) is 4.77 Å². The number of nitrogens with one attached hydrogen (secondary N) is 1. The fraction of sp³-hybridized carbons (Fsp3) is 0.125. The lowest BCUT2D eigenvalue weighted by Gasteiger charge is -2.11. The van der Waals surface area contributed by atoms with Gasteiger partial charge in [0.15, 0.2) is 17.3 Å². The van der Waals surface area contributed by atoms with Crippen molar-refractivity contribution < 1.29 is 14.2 Å². The summed E-state index contributed by atoms with van der Waals surface area (Å²) in [4.78, 5) is 0. The lowest BCUT2D eigenvalue weighted by molar-refractivity contribution is 0.284. The van der Waals surface area contributed by atoms with Crippen LogP contribution in [-0.2, 0) is 6.61 Å². The lowest BCUT2D eigenvalue weighted by Crippen LogP contribution is -1.99. The summed E-state index contributed by atoms with van der Waals surface area (Å²) < 4.78 is 18.8. The van der Waals surface area contributed by atoms with E-state index in [4.69, 9.17) is 26.4 Å². The van der Waals surface area contributed by atoms with Crippen LogP contribution in [0.4, 0.5) is 0 Å². The largest absolute Gasteiger partial charge is 0.496 e. The molecule has 0 aliphatic rings. The summed E-state index contributed by atoms with van der Waals surface area (Å²) in [6, 6.07) is 23.2. The van der Waals surface area contributed by atoms with Gasteiger partial charge in [0.2, 0.25) is 4.77 Å². The van der Waals surface area contributed by atoms with Gasteiger partial charge in [-0.25, -0.2) is 5.10 Å². The molecule has 0 unspecified atom stereocenters. The van der Waals surface area contributed by atoms with E-state index in [-0.39, 0.29) is 0 Å². The third kappa shape index (κ3) is 4.70. The third-order valence-electron chi connectivity index (χ3n) is 4.75. The number of rotatable bonds is 8. The molecule has 7 nitrogen and oxygen atoms in total. The Kier molecular flexibility index (Phi) is 6.62. The van der Waals surface area contributed by atoms with Gasteiger partial charge in [0.05, 0.1) is 26.0 Å². The Morgan fingerprint density at radius 1 is 0.938 bits per heavy atom. The van der Waals surface area contributed by atoms with E-state index >= 15 is 0 Å². The average Bonchev–Trinajstić information content (AvgIpc) is 3.22. The van der Waals surface area contributed by atoms with Gasteiger partial charge >= 0.3 is 0 Å². The van der Waals surface area contributed by atoms with Crippen LogP contribution in [0.25, 0.3) is 11.4 Å². The molecular formula is C24H22N4O3S. The zero-order valence-corrected chi connectivity index (χ0v) is 18.5. The summed E-state index contributed by atoms with van der Waals surface area (Å²) in [5.41, 5.74) is 2.68. The van der Waals surface area contributed by atoms with Crippen molar-refractivity contribution in [2.45, 2.75) is 6.61 Å². The predicted molar refractivity (Wildman–Crippen MR) is 126 cm³/mol. The minimum absolute atomic E-state index is 0.372. The molecule has 1 heterocycles. The van der Waals surface area contributed by atoms with Crippen LogP contribution in [0.2, 0.25) is 0 Å². The monoisotopic (exact) mass is 446 g/mol. The van der Waals surface area contributed by atoms with Crippen LogP contribution in [0.3, 0.4) is 0 Å². The van der Waals surface area contributed by atoms with E-state index in [1.165, 1.54) is 0 Å². The highest BCUT2D eigenvalue weighted by molar-refractivity contribution is 7.71. The normalized spacial score (nSPS) is 10.9. The molecule has 32 heavy (non-hydrogen) atoms. The smallest absolute Gasteiger partial charge is 0.216 e. The maximum Gasteiger partial charge on any atom is 0.216 e. The molecule has 0 saturated carbocycles. The first-order valence-corrected chi connectivity index (χ1v) is 10.3. The van der Waals surface area contributed by atoms with Gasteiger partial charge in [0, 0.05) is 0 Å². The van der Waals surface area contributed by atoms with Crippen LogP contribution in [0.15, 0.2) is 77.9 Å². The molecule has 0 amide bonds. The molecule has 3 aromatic carbocycles. The Morgan fingerprint density at radius 2 is 1.69 bits per heavy atom. The number of hydrogen-bond donors (Lipinski definition) is 1. The summed E-state index contributed by atoms with van der Waals surface area (Å²) in [5, 5.41) is 11.6. The standard InChI is InChI=1S/C24H22N4O3S/c1-29-20-11-7-6-10-19(20)23-26-27-24(32)28(23)25-15-18-12-13-21(22(14-18)30-2)31-16-17-8-4-3-5-9-17/h3-15H,16H2,1-2H3,(H,27,32)/b25-15-. The second-order valence-electron chi connectivity index (χ2n) is 6.79. The SMILES string of the molecule is COc1cc(/C=N\n2c(-c3ccccc3OC)n[nH]c2=S)ccc1OCc1ccccc1. The Balaban J connectivity index is 1.58. The molecule has 0 aliphatic heterocycles. The van der Waals surface area contributed by atoms with Crippen molar-refractivity contribution in [3.8, 4) is 28.6 Å². The molecule has 0 bridgehead atoms. The third-order valence-corrected chi connectivity index (χ3v) is 5.01. The number of para-hydroxylation sites is 1. The molecule has 162 valence electrons. The highest BCUT2D eigenvalue weighted by Crippen LogP contribution is 2.29. The van der Waals surface area contributed by atoms with E-state index in [1.54, 1.807) is 25.1 Å². The molecule has 8 heteroatoms. The van der Waals surface area contributed by atoms with Gasteiger partial charge in [-0.3, -0.25) is 0 Å². The number of nitrogens with zero attached hydrogens (tertiary/aromatic N) is 3. The lowest BCUT2D eigenvalue weighted by atomic mass is 10.2. The summed E-state index contributed by atoms with van der Waals surface area (Å²) in [5.74, 6) is 2.51. The first-order chi connectivity index (χ1) is 15.7. The van der Waals surface area contributed by atoms with E-state index in [1.807, 2.05) is 72.8 Å². The minimum atomic E-state index is 0.372. The second kappa shape index (κ2) is 9.93. The average molecular weight is 447 g/mol. The van der Waals surface area contributed by atoms with E-state index < -0.39 is 0 Å². The van der Waals surface area contributed by atoms with Gasteiger partial charge in [0.1, 0.15) is 12.4 Å². The molecule has 0 atom stereocenters. The van der Waals surface area contributed by atoms with Crippen molar-refractivity contribution in [1.29, 1.82) is 0 Å². The van der Waals surface area contributed by atoms with Crippen molar-refractivity contribution in [3.63, 3.8) is 0 Å². The van der Waals surface area contributed by atoms with Crippen LogP contribution in [-0.4, -0.2) is 35.3 Å². The first kappa shape index (κ1) is 21.3. The van der Waals surface area contributed by atoms with Gasteiger partial charge in [-0.15, -0.1) is 0 Å². The number of aromatic amines is 1. The molecule has 0 aliphatic carbocycles. The van der Waals surface area contributed by atoms with Crippen molar-refractivity contribution in [3.05, 3.63) is 88.7 Å². The summed E-state index contributed by atoms with van der Waals surface area (Å²) in [7, 11) is 3.22. The van der Waals surface area contributed by atoms with Gasteiger partial charge in [-0.1, -0.05) is 42.5 Å². The minimum Gasteiger partial charge on any atom is -0.496 e. The number of aromatic nitrogens is 3. The predicted octanol–water partition coefficient (Wildman–Crippen LogP) is 5.09. The molecular weight excluding hydrogens is 424 g/mol. The molecule has 0 saturated heterocycles. The highest BCUT2D eigenvalue weighted by Gasteiger charge is 2.13. The molecule has 1 aromatic heterocycles. The van der Waals surface area contributed by atoms with Gasteiger partial charge in [0.25, 0.3) is 0 Å². The van der Waals surface area contributed by atoms with Crippen LogP contribution >= 0.6 is 12.2 Å². The maximum absolute atomic E-state index is 5.92. The van der Waals surface area contributed by atoms with Crippen LogP contribution in [0.1, 0.15) is 11.1 Å². The fourth-order valence-corrected chi connectivity index (χ4v) is 3.33. The second-order valence-corrected chi connectivity index (χ2v) is 7.18. The van der Waals surface area contributed by atoms with E-state index in [0.29, 0.717) is 34.5 Å². The van der Waals surface area contributed by atoms with Crippen molar-refractivity contribution >= 4 is 18.4 Å². The van der Waals surface area contributed by atoms with Crippen LogP contribution < -0.4 is 14.2 Å². The van der Waals surface area contributed by atoms with Crippen LogP contribution in [0.5, 0.6) is 17.2 Å². The highest BCUT2D eigenvalue weighted by atomic mass is 32.1. The number of ether oxygens (including phenoxy) is 3. The Bertz CT molecular complexity index is 1280. The molecule has 4 rings (SSSR count). The summed E-state index contributed by atoms with van der Waals surface area (Å²) in [6.45, 7) is 0.455. The zero-order chi connectivity index (χ0) is 22.3. The maximum atomic E-state index is 5.92. The number of benzene rings is 3. The quantitative estimate of drug-likeness (QED) is 0.302. The zero-order valence-electron chi connectivity index (χ0n) is 17.7. The molecule has 4 aromatic rings. The van der Waals surface area contributed by atoms with E-state index in [2.05, 4.69) is 15.3 Å². The first-order valence-electron chi connectivity index (χ1n) is 9.89. The number of hydrogen-bond acceptors (Lipinski definition) is 6. The van der Waals surface area contributed by atoms with Gasteiger partial charge in [-0.05, 0) is 53.7 Å².